The number of aromatic nitrogens is 2. The van der Waals surface area contributed by atoms with Gasteiger partial charge in [-0.3, -0.25) is 4.79 Å². The van der Waals surface area contributed by atoms with Crippen LogP contribution in [0, 0.1) is 6.92 Å². The molecule has 0 aliphatic carbocycles. The minimum absolute atomic E-state index is 0.150. The standard InChI is InChI=1S/C15H18N2O5/c1-8-12(15(19)17(2)16-8)13(18)9-6-10(20-3)14(22-5)11(7-9)21-4/h6-7,19H,1-5H3. The summed E-state index contributed by atoms with van der Waals surface area (Å²) in [5, 5.41) is 14.0. The van der Waals surface area contributed by atoms with Crippen molar-refractivity contribution < 1.29 is 24.1 Å². The highest BCUT2D eigenvalue weighted by molar-refractivity contribution is 6.11. The fourth-order valence-corrected chi connectivity index (χ4v) is 2.27. The maximum absolute atomic E-state index is 12.7. The number of hydrogen-bond donors (Lipinski definition) is 1. The Hall–Kier alpha value is -2.70. The average Bonchev–Trinajstić information content (AvgIpc) is 2.77. The van der Waals surface area contributed by atoms with E-state index in [1.54, 1.807) is 14.0 Å². The Balaban J connectivity index is 2.59. The number of ether oxygens (including phenoxy) is 3. The van der Waals surface area contributed by atoms with E-state index in [-0.39, 0.29) is 17.2 Å². The van der Waals surface area contributed by atoms with Crippen molar-refractivity contribution in [3.8, 4) is 23.1 Å². The Morgan fingerprint density at radius 2 is 1.68 bits per heavy atom. The zero-order valence-corrected chi connectivity index (χ0v) is 13.1. The molecule has 118 valence electrons. The number of nitrogens with zero attached hydrogens (tertiary/aromatic N) is 2. The quantitative estimate of drug-likeness (QED) is 0.846. The van der Waals surface area contributed by atoms with Gasteiger partial charge in [0.05, 0.1) is 27.0 Å². The van der Waals surface area contributed by atoms with E-state index in [0.717, 1.165) is 0 Å². The average molecular weight is 306 g/mol. The molecule has 22 heavy (non-hydrogen) atoms. The van der Waals surface area contributed by atoms with Gasteiger partial charge in [0.1, 0.15) is 5.56 Å². The highest BCUT2D eigenvalue weighted by atomic mass is 16.5. The van der Waals surface area contributed by atoms with E-state index in [2.05, 4.69) is 5.10 Å². The van der Waals surface area contributed by atoms with Gasteiger partial charge in [-0.15, -0.1) is 0 Å². The molecule has 0 unspecified atom stereocenters. The van der Waals surface area contributed by atoms with Gasteiger partial charge in [0.2, 0.25) is 17.4 Å². The molecular weight excluding hydrogens is 288 g/mol. The Morgan fingerprint density at radius 1 is 1.14 bits per heavy atom. The Kier molecular flexibility index (Phi) is 4.25. The Bertz CT molecular complexity index is 696. The summed E-state index contributed by atoms with van der Waals surface area (Å²) < 4.78 is 16.9. The third-order valence-corrected chi connectivity index (χ3v) is 3.35. The summed E-state index contributed by atoms with van der Waals surface area (Å²) in [6.45, 7) is 1.66. The number of carbonyl (C=O) groups excluding carboxylic acids is 1. The molecule has 0 aliphatic rings. The van der Waals surface area contributed by atoms with Crippen molar-refractivity contribution in [2.75, 3.05) is 21.3 Å². The van der Waals surface area contributed by atoms with Gasteiger partial charge in [-0.25, -0.2) is 4.68 Å². The van der Waals surface area contributed by atoms with Crippen LogP contribution in [0.3, 0.4) is 0 Å². The maximum Gasteiger partial charge on any atom is 0.220 e. The summed E-state index contributed by atoms with van der Waals surface area (Å²) in [5.74, 6) is 0.574. The van der Waals surface area contributed by atoms with Crippen molar-refractivity contribution in [1.82, 2.24) is 9.78 Å². The van der Waals surface area contributed by atoms with Crippen LogP contribution >= 0.6 is 0 Å². The molecule has 0 spiro atoms. The van der Waals surface area contributed by atoms with Crippen LogP contribution in [0.25, 0.3) is 0 Å². The lowest BCUT2D eigenvalue weighted by Crippen LogP contribution is -2.05. The number of aryl methyl sites for hydroxylation is 2. The predicted octanol–water partition coefficient (Wildman–Crippen LogP) is 1.69. The summed E-state index contributed by atoms with van der Waals surface area (Å²) >= 11 is 0. The molecule has 0 amide bonds. The summed E-state index contributed by atoms with van der Waals surface area (Å²) in [7, 11) is 5.99. The second-order valence-corrected chi connectivity index (χ2v) is 4.65. The predicted molar refractivity (Wildman–Crippen MR) is 79.1 cm³/mol. The molecular formula is C15H18N2O5. The van der Waals surface area contributed by atoms with Gasteiger partial charge < -0.3 is 19.3 Å². The molecule has 0 aliphatic heterocycles. The van der Waals surface area contributed by atoms with Gasteiger partial charge in [-0.2, -0.15) is 5.10 Å². The van der Waals surface area contributed by atoms with Crippen molar-refractivity contribution in [2.24, 2.45) is 7.05 Å². The van der Waals surface area contributed by atoms with Gasteiger partial charge in [-0.05, 0) is 19.1 Å². The fourth-order valence-electron chi connectivity index (χ4n) is 2.27. The molecule has 1 N–H and O–H groups in total. The van der Waals surface area contributed by atoms with Crippen LogP contribution in [0.1, 0.15) is 21.6 Å². The molecule has 0 fully saturated rings. The molecule has 1 aromatic heterocycles. The molecule has 1 heterocycles. The summed E-state index contributed by atoms with van der Waals surface area (Å²) in [6, 6.07) is 3.07. The van der Waals surface area contributed by atoms with Crippen LogP contribution in [-0.4, -0.2) is 42.0 Å². The molecule has 1 aromatic carbocycles. The van der Waals surface area contributed by atoms with Crippen molar-refractivity contribution in [3.63, 3.8) is 0 Å². The normalized spacial score (nSPS) is 10.4. The molecule has 7 heteroatoms. The molecule has 2 rings (SSSR count). The van der Waals surface area contributed by atoms with E-state index < -0.39 is 0 Å². The first-order valence-electron chi connectivity index (χ1n) is 6.51. The van der Waals surface area contributed by atoms with Crippen molar-refractivity contribution in [1.29, 1.82) is 0 Å². The van der Waals surface area contributed by atoms with Crippen LogP contribution in [-0.2, 0) is 7.05 Å². The largest absolute Gasteiger partial charge is 0.493 e. The van der Waals surface area contributed by atoms with E-state index in [0.29, 0.717) is 28.5 Å². The molecule has 0 radical (unpaired) electrons. The molecule has 0 bridgehead atoms. The van der Waals surface area contributed by atoms with Gasteiger partial charge >= 0.3 is 0 Å². The van der Waals surface area contributed by atoms with Gasteiger partial charge in [0, 0.05) is 12.6 Å². The molecule has 0 saturated carbocycles. The van der Waals surface area contributed by atoms with E-state index in [4.69, 9.17) is 14.2 Å². The van der Waals surface area contributed by atoms with Crippen LogP contribution < -0.4 is 14.2 Å². The van der Waals surface area contributed by atoms with Gasteiger partial charge in [0.15, 0.2) is 11.5 Å². The van der Waals surface area contributed by atoms with E-state index in [9.17, 15) is 9.90 Å². The summed E-state index contributed by atoms with van der Waals surface area (Å²) in [6.07, 6.45) is 0. The van der Waals surface area contributed by atoms with Crippen LogP contribution in [0.2, 0.25) is 0 Å². The molecule has 7 nitrogen and oxygen atoms in total. The second kappa shape index (κ2) is 5.97. The zero-order chi connectivity index (χ0) is 16.4. The highest BCUT2D eigenvalue weighted by Crippen LogP contribution is 2.39. The molecule has 0 atom stereocenters. The lowest BCUT2D eigenvalue weighted by atomic mass is 10.0. The summed E-state index contributed by atoms with van der Waals surface area (Å²) in [4.78, 5) is 12.7. The maximum atomic E-state index is 12.7. The number of benzene rings is 1. The highest BCUT2D eigenvalue weighted by Gasteiger charge is 2.24. The number of aromatic hydroxyl groups is 1. The lowest BCUT2D eigenvalue weighted by Gasteiger charge is -2.13. The number of rotatable bonds is 5. The smallest absolute Gasteiger partial charge is 0.220 e. The first-order valence-corrected chi connectivity index (χ1v) is 6.51. The van der Waals surface area contributed by atoms with E-state index in [1.165, 1.54) is 38.1 Å². The van der Waals surface area contributed by atoms with E-state index in [1.807, 2.05) is 0 Å². The number of ketones is 1. The fraction of sp³-hybridized carbons (Fsp3) is 0.333. The Labute approximate surface area is 128 Å². The topological polar surface area (TPSA) is 82.8 Å². The zero-order valence-electron chi connectivity index (χ0n) is 13.1. The summed E-state index contributed by atoms with van der Waals surface area (Å²) in [5.41, 5.74) is 0.899. The third kappa shape index (κ3) is 2.45. The van der Waals surface area contributed by atoms with Crippen molar-refractivity contribution in [3.05, 3.63) is 29.0 Å². The monoisotopic (exact) mass is 306 g/mol. The number of methoxy groups -OCH3 is 3. The van der Waals surface area contributed by atoms with Crippen LogP contribution in [0.4, 0.5) is 0 Å². The minimum Gasteiger partial charge on any atom is -0.493 e. The SMILES string of the molecule is COc1cc(C(=O)c2c(C)nn(C)c2O)cc(OC)c1OC. The molecule has 2 aromatic rings. The van der Waals surface area contributed by atoms with Crippen LogP contribution in [0.5, 0.6) is 23.1 Å². The second-order valence-electron chi connectivity index (χ2n) is 4.65. The van der Waals surface area contributed by atoms with Crippen molar-refractivity contribution in [2.45, 2.75) is 6.92 Å². The Morgan fingerprint density at radius 3 is 2.05 bits per heavy atom. The minimum atomic E-state index is -0.373. The number of hydrogen-bond acceptors (Lipinski definition) is 6. The lowest BCUT2D eigenvalue weighted by molar-refractivity contribution is 0.103. The molecule has 0 saturated heterocycles. The van der Waals surface area contributed by atoms with E-state index >= 15 is 0 Å². The first-order chi connectivity index (χ1) is 10.4. The van der Waals surface area contributed by atoms with Gasteiger partial charge in [0.25, 0.3) is 0 Å². The van der Waals surface area contributed by atoms with Crippen LogP contribution in [0.15, 0.2) is 12.1 Å². The van der Waals surface area contributed by atoms with Crippen molar-refractivity contribution >= 4 is 5.78 Å². The first kappa shape index (κ1) is 15.7. The number of carbonyl (C=O) groups is 1. The third-order valence-electron chi connectivity index (χ3n) is 3.35. The van der Waals surface area contributed by atoms with Gasteiger partial charge in [-0.1, -0.05) is 0 Å².